The summed E-state index contributed by atoms with van der Waals surface area (Å²) in [6.07, 6.45) is 1.21. The molecule has 7 nitrogen and oxygen atoms in total. The van der Waals surface area contributed by atoms with E-state index in [1.807, 2.05) is 30.3 Å². The first-order valence-electron chi connectivity index (χ1n) is 7.11. The van der Waals surface area contributed by atoms with Crippen LogP contribution in [0.5, 0.6) is 0 Å². The van der Waals surface area contributed by atoms with Crippen LogP contribution in [-0.2, 0) is 6.54 Å². The standard InChI is InChI=1S/C16H13ClN4O3/c1-11-14(10-19-9-13(21(23)24)7-8-15(19)22)16(17)20(18-11)12-5-3-2-4-6-12/h2-9H,10H2,1H3. The third kappa shape index (κ3) is 2.93. The normalized spacial score (nSPS) is 10.8. The predicted molar refractivity (Wildman–Crippen MR) is 89.8 cm³/mol. The summed E-state index contributed by atoms with van der Waals surface area (Å²) in [5.74, 6) is 0. The van der Waals surface area contributed by atoms with Gasteiger partial charge in [0.05, 0.1) is 29.0 Å². The van der Waals surface area contributed by atoms with Crippen molar-refractivity contribution in [3.8, 4) is 5.69 Å². The molecule has 3 rings (SSSR count). The summed E-state index contributed by atoms with van der Waals surface area (Å²) in [5, 5.41) is 15.7. The van der Waals surface area contributed by atoms with Gasteiger partial charge in [0.15, 0.2) is 0 Å². The van der Waals surface area contributed by atoms with Crippen LogP contribution in [0.15, 0.2) is 53.5 Å². The zero-order chi connectivity index (χ0) is 17.3. The zero-order valence-electron chi connectivity index (χ0n) is 12.7. The second kappa shape index (κ2) is 6.29. The van der Waals surface area contributed by atoms with Gasteiger partial charge in [0.1, 0.15) is 5.15 Å². The van der Waals surface area contributed by atoms with Gasteiger partial charge in [-0.1, -0.05) is 29.8 Å². The maximum atomic E-state index is 12.0. The van der Waals surface area contributed by atoms with Crippen LogP contribution in [0.4, 0.5) is 5.69 Å². The van der Waals surface area contributed by atoms with Gasteiger partial charge in [0.2, 0.25) is 0 Å². The number of nitro groups is 1. The molecule has 0 aliphatic heterocycles. The van der Waals surface area contributed by atoms with E-state index in [1.165, 1.54) is 22.9 Å². The fraction of sp³-hybridized carbons (Fsp3) is 0.125. The number of benzene rings is 1. The highest BCUT2D eigenvalue weighted by molar-refractivity contribution is 6.30. The van der Waals surface area contributed by atoms with Crippen LogP contribution in [0.3, 0.4) is 0 Å². The summed E-state index contributed by atoms with van der Waals surface area (Å²) >= 11 is 6.42. The Morgan fingerprint density at radius 2 is 1.92 bits per heavy atom. The number of rotatable bonds is 4. The lowest BCUT2D eigenvalue weighted by atomic mass is 10.2. The van der Waals surface area contributed by atoms with Crippen molar-refractivity contribution in [2.75, 3.05) is 0 Å². The van der Waals surface area contributed by atoms with Gasteiger partial charge < -0.3 is 4.57 Å². The van der Waals surface area contributed by atoms with Crippen LogP contribution in [0, 0.1) is 17.0 Å². The molecule has 8 heteroatoms. The Morgan fingerprint density at radius 1 is 1.21 bits per heavy atom. The van der Waals surface area contributed by atoms with Gasteiger partial charge in [-0.05, 0) is 19.1 Å². The Bertz CT molecular complexity index is 963. The smallest absolute Gasteiger partial charge is 0.285 e. The molecule has 0 aliphatic carbocycles. The average Bonchev–Trinajstić information content (AvgIpc) is 2.85. The molecule has 0 spiro atoms. The second-order valence-corrected chi connectivity index (χ2v) is 5.57. The molecule has 0 saturated carbocycles. The molecule has 122 valence electrons. The second-order valence-electron chi connectivity index (χ2n) is 5.21. The fourth-order valence-corrected chi connectivity index (χ4v) is 2.70. The highest BCUT2D eigenvalue weighted by Gasteiger charge is 2.16. The summed E-state index contributed by atoms with van der Waals surface area (Å²) in [6, 6.07) is 11.7. The highest BCUT2D eigenvalue weighted by Crippen LogP contribution is 2.24. The van der Waals surface area contributed by atoms with Crippen LogP contribution in [0.2, 0.25) is 5.15 Å². The fourth-order valence-electron chi connectivity index (χ4n) is 2.37. The molecule has 2 heterocycles. The molecule has 0 bridgehead atoms. The van der Waals surface area contributed by atoms with Crippen molar-refractivity contribution in [3.05, 3.63) is 85.5 Å². The monoisotopic (exact) mass is 344 g/mol. The van der Waals surface area contributed by atoms with E-state index in [0.717, 1.165) is 5.69 Å². The zero-order valence-corrected chi connectivity index (χ0v) is 13.5. The van der Waals surface area contributed by atoms with Crippen molar-refractivity contribution in [3.63, 3.8) is 0 Å². The predicted octanol–water partition coefficient (Wildman–Crippen LogP) is 2.95. The number of hydrogen-bond donors (Lipinski definition) is 0. The molecule has 0 atom stereocenters. The molecule has 2 aromatic heterocycles. The molecule has 0 radical (unpaired) electrons. The highest BCUT2D eigenvalue weighted by atomic mass is 35.5. The van der Waals surface area contributed by atoms with E-state index in [-0.39, 0.29) is 17.8 Å². The Labute approximate surface area is 141 Å². The maximum Gasteiger partial charge on any atom is 0.285 e. The number of aromatic nitrogens is 3. The number of aryl methyl sites for hydroxylation is 1. The van der Waals surface area contributed by atoms with Gasteiger partial charge in [-0.3, -0.25) is 14.9 Å². The van der Waals surface area contributed by atoms with Gasteiger partial charge in [-0.25, -0.2) is 4.68 Å². The van der Waals surface area contributed by atoms with Crippen molar-refractivity contribution in [2.45, 2.75) is 13.5 Å². The molecule has 0 N–H and O–H groups in total. The lowest BCUT2D eigenvalue weighted by Crippen LogP contribution is -2.19. The Hall–Kier alpha value is -2.93. The SMILES string of the molecule is Cc1nn(-c2ccccc2)c(Cl)c1Cn1cc([N+](=O)[O-])ccc1=O. The third-order valence-corrected chi connectivity index (χ3v) is 4.02. The minimum absolute atomic E-state index is 0.109. The molecule has 0 amide bonds. The third-order valence-electron chi connectivity index (χ3n) is 3.63. The van der Waals surface area contributed by atoms with Crippen LogP contribution < -0.4 is 5.56 Å². The molecule has 1 aromatic carbocycles. The van der Waals surface area contributed by atoms with E-state index in [0.29, 0.717) is 16.4 Å². The van der Waals surface area contributed by atoms with Crippen molar-refractivity contribution >= 4 is 17.3 Å². The van der Waals surface area contributed by atoms with E-state index in [9.17, 15) is 14.9 Å². The first-order valence-corrected chi connectivity index (χ1v) is 7.49. The summed E-state index contributed by atoms with van der Waals surface area (Å²) in [6.45, 7) is 1.89. The topological polar surface area (TPSA) is 83.0 Å². The Morgan fingerprint density at radius 3 is 2.58 bits per heavy atom. The van der Waals surface area contributed by atoms with Gasteiger partial charge in [-0.2, -0.15) is 5.10 Å². The lowest BCUT2D eigenvalue weighted by Gasteiger charge is -2.06. The summed E-state index contributed by atoms with van der Waals surface area (Å²) < 4.78 is 2.83. The average molecular weight is 345 g/mol. The van der Waals surface area contributed by atoms with Crippen molar-refractivity contribution in [1.29, 1.82) is 0 Å². The van der Waals surface area contributed by atoms with E-state index in [1.54, 1.807) is 11.6 Å². The number of para-hydroxylation sites is 1. The number of pyridine rings is 1. The molecular weight excluding hydrogens is 332 g/mol. The van der Waals surface area contributed by atoms with E-state index in [4.69, 9.17) is 11.6 Å². The van der Waals surface area contributed by atoms with Crippen LogP contribution in [0.25, 0.3) is 5.69 Å². The van der Waals surface area contributed by atoms with Crippen molar-refractivity contribution in [1.82, 2.24) is 14.3 Å². The molecule has 0 aliphatic rings. The summed E-state index contributed by atoms with van der Waals surface area (Å²) in [4.78, 5) is 22.3. The largest absolute Gasteiger partial charge is 0.304 e. The molecule has 3 aromatic rings. The lowest BCUT2D eigenvalue weighted by molar-refractivity contribution is -0.385. The number of halogens is 1. The van der Waals surface area contributed by atoms with Crippen LogP contribution in [0.1, 0.15) is 11.3 Å². The van der Waals surface area contributed by atoms with Gasteiger partial charge in [-0.15, -0.1) is 0 Å². The van der Waals surface area contributed by atoms with Gasteiger partial charge in [0.25, 0.3) is 11.2 Å². The van der Waals surface area contributed by atoms with Crippen LogP contribution >= 0.6 is 11.6 Å². The van der Waals surface area contributed by atoms with Gasteiger partial charge >= 0.3 is 0 Å². The molecule has 24 heavy (non-hydrogen) atoms. The van der Waals surface area contributed by atoms with Gasteiger partial charge in [0, 0.05) is 17.7 Å². The van der Waals surface area contributed by atoms with Crippen molar-refractivity contribution in [2.24, 2.45) is 0 Å². The number of hydrogen-bond acceptors (Lipinski definition) is 4. The van der Waals surface area contributed by atoms with E-state index >= 15 is 0 Å². The van der Waals surface area contributed by atoms with Crippen molar-refractivity contribution < 1.29 is 4.92 Å². The molecule has 0 saturated heterocycles. The summed E-state index contributed by atoms with van der Waals surface area (Å²) in [5.41, 5.74) is 1.59. The number of nitrogens with zero attached hydrogens (tertiary/aromatic N) is 4. The summed E-state index contributed by atoms with van der Waals surface area (Å²) in [7, 11) is 0. The molecular formula is C16H13ClN4O3. The molecule has 0 fully saturated rings. The quantitative estimate of drug-likeness (QED) is 0.538. The first-order chi connectivity index (χ1) is 11.5. The molecule has 0 unspecified atom stereocenters. The Kier molecular flexibility index (Phi) is 4.18. The first kappa shape index (κ1) is 15.9. The minimum Gasteiger partial charge on any atom is -0.304 e. The minimum atomic E-state index is -0.544. The Balaban J connectivity index is 2.03. The van der Waals surface area contributed by atoms with E-state index in [2.05, 4.69) is 5.10 Å². The maximum absolute atomic E-state index is 12.0. The van der Waals surface area contributed by atoms with Crippen LogP contribution in [-0.4, -0.2) is 19.3 Å². The van der Waals surface area contributed by atoms with E-state index < -0.39 is 4.92 Å².